The second-order valence-corrected chi connectivity index (χ2v) is 12.0. The van der Waals surface area contributed by atoms with Crippen molar-refractivity contribution in [3.8, 4) is 0 Å². The summed E-state index contributed by atoms with van der Waals surface area (Å²) in [6.45, 7) is 6.82. The third kappa shape index (κ3) is 2.38. The van der Waals surface area contributed by atoms with Crippen LogP contribution in [0.4, 0.5) is 0 Å². The number of rotatable bonds is 2. The minimum Gasteiger partial charge on any atom is -0.113 e. The zero-order valence-electron chi connectivity index (χ0n) is 7.80. The van der Waals surface area contributed by atoms with E-state index in [0.29, 0.717) is 10.6 Å². The molecule has 0 unspecified atom stereocenters. The maximum Gasteiger partial charge on any atom is 0.123 e. The lowest BCUT2D eigenvalue weighted by atomic mass is 10.4. The molecule has 1 saturated carbocycles. The van der Waals surface area contributed by atoms with Crippen LogP contribution >= 0.6 is 46.4 Å². The number of halogens is 4. The van der Waals surface area contributed by atoms with Crippen LogP contribution in [0.3, 0.4) is 0 Å². The van der Waals surface area contributed by atoms with Crippen LogP contribution in [0, 0.1) is 0 Å². The molecule has 0 amide bonds. The fourth-order valence-electron chi connectivity index (χ4n) is 1.63. The zero-order valence-corrected chi connectivity index (χ0v) is 11.8. The first-order valence-corrected chi connectivity index (χ1v) is 9.18. The Morgan fingerprint density at radius 1 is 1.23 bits per heavy atom. The standard InChI is InChI=1S/C8H12Cl4Si/c1-13(2,3)5-4-8(5,12)6(9)7(10)11/h5H,4H2,1-3H3/t5-,8-/m0/s1. The van der Waals surface area contributed by atoms with E-state index in [-0.39, 0.29) is 4.49 Å². The molecule has 1 fully saturated rings. The van der Waals surface area contributed by atoms with Gasteiger partial charge < -0.3 is 0 Å². The van der Waals surface area contributed by atoms with Crippen molar-refractivity contribution in [1.82, 2.24) is 0 Å². The van der Waals surface area contributed by atoms with Gasteiger partial charge in [-0.1, -0.05) is 54.4 Å². The maximum absolute atomic E-state index is 6.32. The first kappa shape index (κ1) is 12.2. The zero-order chi connectivity index (χ0) is 10.4. The normalized spacial score (nSPS) is 33.0. The van der Waals surface area contributed by atoms with Crippen LogP contribution in [0.5, 0.6) is 0 Å². The molecule has 0 bridgehead atoms. The van der Waals surface area contributed by atoms with E-state index < -0.39 is 12.9 Å². The molecule has 76 valence electrons. The minimum atomic E-state index is -1.24. The predicted octanol–water partition coefficient (Wildman–Crippen LogP) is 4.96. The van der Waals surface area contributed by atoms with Gasteiger partial charge in [-0.25, -0.2) is 0 Å². The molecule has 0 N–H and O–H groups in total. The number of allylic oxidation sites excluding steroid dienone is 1. The predicted molar refractivity (Wildman–Crippen MR) is 64.9 cm³/mol. The maximum atomic E-state index is 6.32. The van der Waals surface area contributed by atoms with Crippen LogP contribution in [0.15, 0.2) is 9.52 Å². The molecule has 0 aliphatic heterocycles. The van der Waals surface area contributed by atoms with E-state index in [1.807, 2.05) is 0 Å². The summed E-state index contributed by atoms with van der Waals surface area (Å²) in [5, 5.41) is 0.421. The summed E-state index contributed by atoms with van der Waals surface area (Å²) in [5.41, 5.74) is 0.488. The van der Waals surface area contributed by atoms with Crippen LogP contribution in [0.25, 0.3) is 0 Å². The molecule has 0 aromatic carbocycles. The number of alkyl halides is 1. The molecule has 0 radical (unpaired) electrons. The molecule has 1 rings (SSSR count). The van der Waals surface area contributed by atoms with E-state index >= 15 is 0 Å². The molecule has 0 spiro atoms. The molecule has 13 heavy (non-hydrogen) atoms. The third-order valence-electron chi connectivity index (χ3n) is 2.47. The Morgan fingerprint density at radius 3 is 1.92 bits per heavy atom. The Morgan fingerprint density at radius 2 is 1.69 bits per heavy atom. The van der Waals surface area contributed by atoms with Gasteiger partial charge in [0.05, 0.1) is 9.91 Å². The van der Waals surface area contributed by atoms with Crippen molar-refractivity contribution >= 4 is 54.5 Å². The molecule has 1 aliphatic rings. The van der Waals surface area contributed by atoms with Gasteiger partial charge in [-0.15, -0.1) is 11.6 Å². The van der Waals surface area contributed by atoms with Crippen LogP contribution in [0.1, 0.15) is 6.42 Å². The second-order valence-electron chi connectivity index (χ2n) is 4.56. The Kier molecular flexibility index (Phi) is 3.38. The monoisotopic (exact) mass is 276 g/mol. The van der Waals surface area contributed by atoms with Crippen molar-refractivity contribution in [2.45, 2.75) is 36.5 Å². The molecular formula is C8H12Cl4Si. The first-order chi connectivity index (χ1) is 5.69. The summed E-state index contributed by atoms with van der Waals surface area (Å²) in [5.74, 6) is 0. The topological polar surface area (TPSA) is 0 Å². The smallest absolute Gasteiger partial charge is 0.113 e. The molecule has 0 aromatic heterocycles. The lowest BCUT2D eigenvalue weighted by Crippen LogP contribution is -2.24. The highest BCUT2D eigenvalue weighted by molar-refractivity contribution is 6.80. The largest absolute Gasteiger partial charge is 0.123 e. The molecule has 0 heterocycles. The van der Waals surface area contributed by atoms with E-state index in [1.165, 1.54) is 0 Å². The van der Waals surface area contributed by atoms with Gasteiger partial charge >= 0.3 is 0 Å². The molecule has 0 nitrogen and oxygen atoms in total. The second kappa shape index (κ2) is 3.60. The summed E-state index contributed by atoms with van der Waals surface area (Å²) in [6.07, 6.45) is 0.909. The van der Waals surface area contributed by atoms with Gasteiger partial charge in [0.15, 0.2) is 0 Å². The Balaban J connectivity index is 2.83. The van der Waals surface area contributed by atoms with Gasteiger partial charge in [0.25, 0.3) is 0 Å². The van der Waals surface area contributed by atoms with Crippen molar-refractivity contribution in [2.75, 3.05) is 0 Å². The van der Waals surface area contributed by atoms with Gasteiger partial charge in [-0.2, -0.15) is 0 Å². The summed E-state index contributed by atoms with van der Waals surface area (Å²) < 4.78 is 0.109. The SMILES string of the molecule is C[Si](C)(C)[C@H]1C[C@@]1(Cl)C(Cl)=C(Cl)Cl. The summed E-state index contributed by atoms with van der Waals surface area (Å²) in [6, 6.07) is 0. The molecule has 0 saturated heterocycles. The van der Waals surface area contributed by atoms with Gasteiger partial charge in [0, 0.05) is 8.07 Å². The summed E-state index contributed by atoms with van der Waals surface area (Å²) in [7, 11) is -1.24. The van der Waals surface area contributed by atoms with E-state index in [1.54, 1.807) is 0 Å². The third-order valence-corrected chi connectivity index (χ3v) is 7.24. The number of hydrogen-bond acceptors (Lipinski definition) is 0. The fourth-order valence-corrected chi connectivity index (χ4v) is 6.18. The molecule has 1 aliphatic carbocycles. The summed E-state index contributed by atoms with van der Waals surface area (Å²) in [4.78, 5) is -0.454. The highest BCUT2D eigenvalue weighted by atomic mass is 35.5. The molecule has 5 heteroatoms. The van der Waals surface area contributed by atoms with Crippen molar-refractivity contribution < 1.29 is 0 Å². The quantitative estimate of drug-likeness (QED) is 0.494. The van der Waals surface area contributed by atoms with Gasteiger partial charge in [0.1, 0.15) is 4.49 Å². The van der Waals surface area contributed by atoms with Gasteiger partial charge in [0.2, 0.25) is 0 Å². The van der Waals surface area contributed by atoms with E-state index in [0.717, 1.165) is 6.42 Å². The lowest BCUT2D eigenvalue weighted by molar-refractivity contribution is 1.12. The molecule has 0 aromatic rings. The van der Waals surface area contributed by atoms with Crippen LogP contribution < -0.4 is 0 Å². The van der Waals surface area contributed by atoms with Crippen LogP contribution in [-0.2, 0) is 0 Å². The van der Waals surface area contributed by atoms with Crippen molar-refractivity contribution in [3.63, 3.8) is 0 Å². The number of hydrogen-bond donors (Lipinski definition) is 0. The lowest BCUT2D eigenvalue weighted by Gasteiger charge is -2.18. The fraction of sp³-hybridized carbons (Fsp3) is 0.750. The minimum absolute atomic E-state index is 0.109. The highest BCUT2D eigenvalue weighted by Crippen LogP contribution is 2.65. The Hall–Kier alpha value is 1.12. The summed E-state index contributed by atoms with van der Waals surface area (Å²) >= 11 is 23.5. The average molecular weight is 278 g/mol. The van der Waals surface area contributed by atoms with Crippen LogP contribution in [-0.4, -0.2) is 12.9 Å². The highest BCUT2D eigenvalue weighted by Gasteiger charge is 2.61. The van der Waals surface area contributed by atoms with Crippen LogP contribution in [0.2, 0.25) is 25.2 Å². The Labute approximate surface area is 100 Å². The van der Waals surface area contributed by atoms with E-state index in [9.17, 15) is 0 Å². The van der Waals surface area contributed by atoms with E-state index in [4.69, 9.17) is 46.4 Å². The van der Waals surface area contributed by atoms with Crippen molar-refractivity contribution in [3.05, 3.63) is 9.52 Å². The van der Waals surface area contributed by atoms with E-state index in [2.05, 4.69) is 19.6 Å². The van der Waals surface area contributed by atoms with Gasteiger partial charge in [-0.05, 0) is 12.0 Å². The Bertz CT molecular complexity index is 251. The van der Waals surface area contributed by atoms with Crippen molar-refractivity contribution in [2.24, 2.45) is 0 Å². The average Bonchev–Trinajstić information content (AvgIpc) is 2.61. The first-order valence-electron chi connectivity index (χ1n) is 4.10. The molecule has 2 atom stereocenters. The van der Waals surface area contributed by atoms with Gasteiger partial charge in [-0.3, -0.25) is 0 Å². The molecular weight excluding hydrogens is 266 g/mol. The van der Waals surface area contributed by atoms with Crippen molar-refractivity contribution in [1.29, 1.82) is 0 Å².